The number of imide groups is 1. The van der Waals surface area contributed by atoms with E-state index < -0.39 is 16.1 Å². The number of pyridine rings is 1. The zero-order chi connectivity index (χ0) is 18.6. The summed E-state index contributed by atoms with van der Waals surface area (Å²) in [7, 11) is 0. The van der Waals surface area contributed by atoms with Gasteiger partial charge >= 0.3 is 0 Å². The Kier molecular flexibility index (Phi) is 5.58. The summed E-state index contributed by atoms with van der Waals surface area (Å²) in [5.74, 6) is 0.0277. The van der Waals surface area contributed by atoms with E-state index in [0.717, 1.165) is 17.7 Å². The normalized spacial score (nSPS) is 19.5. The molecule has 0 unspecified atom stereocenters. The molecule has 2 N–H and O–H groups in total. The molecule has 7 heteroatoms. The van der Waals surface area contributed by atoms with Crippen LogP contribution in [0.2, 0.25) is 0 Å². The Hall–Kier alpha value is -2.38. The maximum absolute atomic E-state index is 11.7. The SMILES string of the molecule is CCc1ccc(CCOc2ccc(C[C@]3(O)SC(=O)NC3=O)cc2)nc1. The first kappa shape index (κ1) is 18.4. The van der Waals surface area contributed by atoms with Crippen molar-refractivity contribution in [2.75, 3.05) is 6.61 Å². The van der Waals surface area contributed by atoms with Gasteiger partial charge in [0, 0.05) is 24.7 Å². The van der Waals surface area contributed by atoms with Gasteiger partial charge in [-0.25, -0.2) is 0 Å². The summed E-state index contributed by atoms with van der Waals surface area (Å²) < 4.78 is 5.71. The summed E-state index contributed by atoms with van der Waals surface area (Å²) in [6, 6.07) is 11.2. The van der Waals surface area contributed by atoms with Crippen LogP contribution in [-0.4, -0.2) is 32.8 Å². The van der Waals surface area contributed by atoms with Crippen LogP contribution in [0.25, 0.3) is 0 Å². The summed E-state index contributed by atoms with van der Waals surface area (Å²) >= 11 is 0.607. The van der Waals surface area contributed by atoms with E-state index in [1.54, 1.807) is 24.3 Å². The molecule has 1 aliphatic rings. The molecule has 0 saturated carbocycles. The topological polar surface area (TPSA) is 88.5 Å². The number of carbonyl (C=O) groups is 2. The van der Waals surface area contributed by atoms with Gasteiger partial charge in [0.25, 0.3) is 11.1 Å². The molecular weight excluding hydrogens is 352 g/mol. The summed E-state index contributed by atoms with van der Waals surface area (Å²) in [5, 5.41) is 11.8. The second-order valence-electron chi connectivity index (χ2n) is 6.06. The largest absolute Gasteiger partial charge is 0.493 e. The van der Waals surface area contributed by atoms with Crippen molar-refractivity contribution in [1.82, 2.24) is 10.3 Å². The van der Waals surface area contributed by atoms with Crippen LogP contribution in [0, 0.1) is 0 Å². The van der Waals surface area contributed by atoms with Crippen LogP contribution < -0.4 is 10.1 Å². The Balaban J connectivity index is 1.51. The fraction of sp³-hybridized carbons (Fsp3) is 0.316. The standard InChI is InChI=1S/C19H20N2O4S/c1-2-13-3-6-15(20-12-13)9-10-25-16-7-4-14(5-8-16)11-19(24)17(22)21-18(23)26-19/h3-8,12,24H,2,9-11H2,1H3,(H,21,22,23)/t19-/m0/s1. The number of carbonyl (C=O) groups excluding carboxylic acids is 2. The fourth-order valence-electron chi connectivity index (χ4n) is 2.60. The Morgan fingerprint density at radius 3 is 2.46 bits per heavy atom. The van der Waals surface area contributed by atoms with Crippen LogP contribution >= 0.6 is 11.8 Å². The first-order valence-electron chi connectivity index (χ1n) is 8.41. The number of aliphatic hydroxyl groups is 1. The molecule has 0 radical (unpaired) electrons. The number of benzene rings is 1. The molecule has 0 spiro atoms. The van der Waals surface area contributed by atoms with E-state index >= 15 is 0 Å². The fourth-order valence-corrected chi connectivity index (χ4v) is 3.43. The van der Waals surface area contributed by atoms with Gasteiger partial charge in [0.2, 0.25) is 4.93 Å². The molecule has 2 amide bonds. The summed E-state index contributed by atoms with van der Waals surface area (Å²) in [6.07, 6.45) is 3.63. The van der Waals surface area contributed by atoms with Crippen LogP contribution in [-0.2, 0) is 24.1 Å². The average Bonchev–Trinajstić information content (AvgIpc) is 2.88. The molecule has 136 valence electrons. The van der Waals surface area contributed by atoms with Gasteiger partial charge in [-0.3, -0.25) is 19.9 Å². The van der Waals surface area contributed by atoms with E-state index in [4.69, 9.17) is 4.74 Å². The predicted molar refractivity (Wildman–Crippen MR) is 99.0 cm³/mol. The molecule has 2 heterocycles. The number of rotatable bonds is 7. The number of nitrogens with zero attached hydrogens (tertiary/aromatic N) is 1. The van der Waals surface area contributed by atoms with Crippen molar-refractivity contribution in [2.24, 2.45) is 0 Å². The molecule has 1 aromatic carbocycles. The van der Waals surface area contributed by atoms with Crippen molar-refractivity contribution in [3.8, 4) is 5.75 Å². The number of thioether (sulfide) groups is 1. The zero-order valence-electron chi connectivity index (χ0n) is 14.4. The quantitative estimate of drug-likeness (QED) is 0.776. The third-order valence-electron chi connectivity index (χ3n) is 4.12. The number of amides is 2. The summed E-state index contributed by atoms with van der Waals surface area (Å²) in [6.45, 7) is 2.60. The minimum atomic E-state index is -1.74. The number of aryl methyl sites for hydroxylation is 1. The number of hydrogen-bond donors (Lipinski definition) is 2. The lowest BCUT2D eigenvalue weighted by molar-refractivity contribution is -0.129. The van der Waals surface area contributed by atoms with Crippen LogP contribution in [0.4, 0.5) is 4.79 Å². The monoisotopic (exact) mass is 372 g/mol. The van der Waals surface area contributed by atoms with E-state index in [0.29, 0.717) is 30.5 Å². The Labute approximate surface area is 156 Å². The third-order valence-corrected chi connectivity index (χ3v) is 5.08. The molecule has 3 rings (SSSR count). The molecule has 2 aromatic rings. The Bertz CT molecular complexity index is 792. The number of hydrogen-bond acceptors (Lipinski definition) is 6. The van der Waals surface area contributed by atoms with Crippen molar-refractivity contribution < 1.29 is 19.4 Å². The lowest BCUT2D eigenvalue weighted by Gasteiger charge is -2.17. The number of ether oxygens (including phenoxy) is 1. The van der Waals surface area contributed by atoms with Gasteiger partial charge in [0.15, 0.2) is 0 Å². The highest BCUT2D eigenvalue weighted by Gasteiger charge is 2.46. The zero-order valence-corrected chi connectivity index (χ0v) is 15.2. The lowest BCUT2D eigenvalue weighted by atomic mass is 10.1. The van der Waals surface area contributed by atoms with Gasteiger partial charge in [0.1, 0.15) is 5.75 Å². The van der Waals surface area contributed by atoms with Crippen LogP contribution in [0.1, 0.15) is 23.7 Å². The molecular formula is C19H20N2O4S. The number of aromatic nitrogens is 1. The third kappa shape index (κ3) is 4.42. The molecule has 1 aromatic heterocycles. The molecule has 1 saturated heterocycles. The maximum atomic E-state index is 11.7. The summed E-state index contributed by atoms with van der Waals surface area (Å²) in [4.78, 5) is 25.5. The van der Waals surface area contributed by atoms with Crippen molar-refractivity contribution in [3.63, 3.8) is 0 Å². The maximum Gasteiger partial charge on any atom is 0.289 e. The highest BCUT2D eigenvalue weighted by atomic mass is 32.2. The first-order chi connectivity index (χ1) is 12.5. The molecule has 0 bridgehead atoms. The Morgan fingerprint density at radius 1 is 1.15 bits per heavy atom. The molecule has 26 heavy (non-hydrogen) atoms. The summed E-state index contributed by atoms with van der Waals surface area (Å²) in [5.41, 5.74) is 2.94. The lowest BCUT2D eigenvalue weighted by Crippen LogP contribution is -2.38. The predicted octanol–water partition coefficient (Wildman–Crippen LogP) is 2.48. The van der Waals surface area contributed by atoms with E-state index in [1.807, 2.05) is 12.3 Å². The van der Waals surface area contributed by atoms with Gasteiger partial charge in [-0.2, -0.15) is 0 Å². The molecule has 1 fully saturated rings. The second-order valence-corrected chi connectivity index (χ2v) is 7.31. The smallest absolute Gasteiger partial charge is 0.289 e. The van der Waals surface area contributed by atoms with E-state index in [-0.39, 0.29) is 6.42 Å². The van der Waals surface area contributed by atoms with Crippen molar-refractivity contribution in [1.29, 1.82) is 0 Å². The first-order valence-corrected chi connectivity index (χ1v) is 9.22. The highest BCUT2D eigenvalue weighted by molar-refractivity contribution is 8.15. The molecule has 1 aliphatic heterocycles. The van der Waals surface area contributed by atoms with Gasteiger partial charge in [-0.05, 0) is 47.5 Å². The minimum Gasteiger partial charge on any atom is -0.493 e. The molecule has 6 nitrogen and oxygen atoms in total. The number of nitrogens with one attached hydrogen (secondary N) is 1. The Morgan fingerprint density at radius 2 is 1.88 bits per heavy atom. The second kappa shape index (κ2) is 7.88. The van der Waals surface area contributed by atoms with Gasteiger partial charge in [-0.15, -0.1) is 0 Å². The van der Waals surface area contributed by atoms with Crippen molar-refractivity contribution in [3.05, 3.63) is 59.4 Å². The van der Waals surface area contributed by atoms with E-state index in [2.05, 4.69) is 23.3 Å². The molecule has 1 atom stereocenters. The van der Waals surface area contributed by atoms with Gasteiger partial charge in [-0.1, -0.05) is 25.1 Å². The van der Waals surface area contributed by atoms with Crippen molar-refractivity contribution >= 4 is 22.9 Å². The van der Waals surface area contributed by atoms with E-state index in [1.165, 1.54) is 5.56 Å². The minimum absolute atomic E-state index is 0.0587. The van der Waals surface area contributed by atoms with Crippen molar-refractivity contribution in [2.45, 2.75) is 31.1 Å². The van der Waals surface area contributed by atoms with E-state index in [9.17, 15) is 14.7 Å². The van der Waals surface area contributed by atoms with Crippen LogP contribution in [0.15, 0.2) is 42.6 Å². The highest BCUT2D eigenvalue weighted by Crippen LogP contribution is 2.32. The molecule has 0 aliphatic carbocycles. The van der Waals surface area contributed by atoms with Crippen LogP contribution in [0.3, 0.4) is 0 Å². The van der Waals surface area contributed by atoms with Gasteiger partial charge < -0.3 is 9.84 Å². The van der Waals surface area contributed by atoms with Gasteiger partial charge in [0.05, 0.1) is 6.61 Å². The average molecular weight is 372 g/mol. The van der Waals surface area contributed by atoms with Crippen LogP contribution in [0.5, 0.6) is 5.75 Å².